The van der Waals surface area contributed by atoms with E-state index in [1.54, 1.807) is 0 Å². The first-order valence-electron chi connectivity index (χ1n) is 8.22. The number of nitrogens with zero attached hydrogens (tertiary/aromatic N) is 1. The van der Waals surface area contributed by atoms with E-state index in [2.05, 4.69) is 38.1 Å². The van der Waals surface area contributed by atoms with Crippen molar-refractivity contribution in [3.05, 3.63) is 94.5 Å². The first kappa shape index (κ1) is 16.8. The van der Waals surface area contributed by atoms with Crippen molar-refractivity contribution in [2.24, 2.45) is 5.16 Å². The van der Waals surface area contributed by atoms with E-state index in [-0.39, 0.29) is 0 Å². The van der Waals surface area contributed by atoms with E-state index in [9.17, 15) is 5.21 Å². The maximum Gasteiger partial charge on any atom is 0.133 e. The van der Waals surface area contributed by atoms with Crippen LogP contribution in [0.3, 0.4) is 0 Å². The summed E-state index contributed by atoms with van der Waals surface area (Å²) in [7, 11) is 0. The molecule has 0 heterocycles. The standard InChI is InChI=1S/C22H21NO2/c1-15-13-16(2)22(17(3)14-15)25-20-11-9-19(10-12-20)21(23-24)18-7-5-4-6-8-18/h4-14,24H,1-3H3. The average molecular weight is 331 g/mol. The number of hydrogen-bond acceptors (Lipinski definition) is 3. The molecule has 0 aliphatic rings. The second-order valence-electron chi connectivity index (χ2n) is 6.17. The van der Waals surface area contributed by atoms with Crippen molar-refractivity contribution in [3.8, 4) is 11.5 Å². The van der Waals surface area contributed by atoms with Crippen LogP contribution in [0.25, 0.3) is 0 Å². The number of oxime groups is 1. The summed E-state index contributed by atoms with van der Waals surface area (Å²) in [5.74, 6) is 1.64. The lowest BCUT2D eigenvalue weighted by molar-refractivity contribution is 0.319. The normalized spacial score (nSPS) is 11.4. The Morgan fingerprint density at radius 3 is 1.92 bits per heavy atom. The number of rotatable bonds is 4. The van der Waals surface area contributed by atoms with Gasteiger partial charge in [0.1, 0.15) is 17.2 Å². The van der Waals surface area contributed by atoms with Gasteiger partial charge in [-0.05, 0) is 56.2 Å². The van der Waals surface area contributed by atoms with E-state index < -0.39 is 0 Å². The van der Waals surface area contributed by atoms with Gasteiger partial charge in [-0.15, -0.1) is 0 Å². The molecule has 0 saturated heterocycles. The Kier molecular flexibility index (Phi) is 4.85. The summed E-state index contributed by atoms with van der Waals surface area (Å²) in [6, 6.07) is 21.4. The summed E-state index contributed by atoms with van der Waals surface area (Å²) in [5, 5.41) is 12.8. The van der Waals surface area contributed by atoms with Crippen molar-refractivity contribution in [1.82, 2.24) is 0 Å². The molecule has 3 aromatic carbocycles. The molecule has 3 nitrogen and oxygen atoms in total. The molecule has 0 radical (unpaired) electrons. The van der Waals surface area contributed by atoms with Crippen LogP contribution >= 0.6 is 0 Å². The van der Waals surface area contributed by atoms with Gasteiger partial charge in [0.2, 0.25) is 0 Å². The van der Waals surface area contributed by atoms with E-state index in [4.69, 9.17) is 4.74 Å². The summed E-state index contributed by atoms with van der Waals surface area (Å²) in [6.45, 7) is 6.18. The van der Waals surface area contributed by atoms with E-state index in [1.807, 2.05) is 54.6 Å². The molecular formula is C22H21NO2. The zero-order chi connectivity index (χ0) is 17.8. The Morgan fingerprint density at radius 2 is 1.36 bits per heavy atom. The Balaban J connectivity index is 1.86. The van der Waals surface area contributed by atoms with Crippen LogP contribution in [-0.4, -0.2) is 10.9 Å². The van der Waals surface area contributed by atoms with Gasteiger partial charge in [0.05, 0.1) is 0 Å². The van der Waals surface area contributed by atoms with E-state index in [1.165, 1.54) is 5.56 Å². The van der Waals surface area contributed by atoms with Gasteiger partial charge in [-0.1, -0.05) is 53.2 Å². The Hall–Kier alpha value is -3.07. The molecule has 3 aromatic rings. The van der Waals surface area contributed by atoms with Crippen LogP contribution in [0.15, 0.2) is 71.9 Å². The fourth-order valence-corrected chi connectivity index (χ4v) is 3.00. The number of ether oxygens (including phenoxy) is 1. The minimum absolute atomic E-state index is 0.537. The fraction of sp³-hybridized carbons (Fsp3) is 0.136. The van der Waals surface area contributed by atoms with E-state index in [0.29, 0.717) is 5.71 Å². The predicted octanol–water partition coefficient (Wildman–Crippen LogP) is 5.63. The zero-order valence-electron chi connectivity index (χ0n) is 14.7. The molecule has 0 atom stereocenters. The number of aryl methyl sites for hydroxylation is 3. The Labute approximate surface area is 148 Å². The zero-order valence-corrected chi connectivity index (χ0v) is 14.7. The molecule has 0 aromatic heterocycles. The molecule has 0 spiro atoms. The minimum atomic E-state index is 0.537. The minimum Gasteiger partial charge on any atom is -0.457 e. The van der Waals surface area contributed by atoms with Crippen molar-refractivity contribution < 1.29 is 9.94 Å². The topological polar surface area (TPSA) is 41.8 Å². The number of benzene rings is 3. The second kappa shape index (κ2) is 7.22. The largest absolute Gasteiger partial charge is 0.457 e. The van der Waals surface area contributed by atoms with Gasteiger partial charge in [-0.3, -0.25) is 0 Å². The molecule has 3 rings (SSSR count). The van der Waals surface area contributed by atoms with Gasteiger partial charge >= 0.3 is 0 Å². The molecule has 0 fully saturated rings. The summed E-state index contributed by atoms with van der Waals surface area (Å²) in [4.78, 5) is 0. The third kappa shape index (κ3) is 3.72. The summed E-state index contributed by atoms with van der Waals surface area (Å²) in [6.07, 6.45) is 0. The molecule has 25 heavy (non-hydrogen) atoms. The van der Waals surface area contributed by atoms with Gasteiger partial charge in [0.25, 0.3) is 0 Å². The van der Waals surface area contributed by atoms with Crippen LogP contribution in [-0.2, 0) is 0 Å². The molecule has 0 unspecified atom stereocenters. The monoisotopic (exact) mass is 331 g/mol. The first-order chi connectivity index (χ1) is 12.1. The molecule has 1 N–H and O–H groups in total. The van der Waals surface area contributed by atoms with Crippen molar-refractivity contribution in [3.63, 3.8) is 0 Å². The van der Waals surface area contributed by atoms with Crippen LogP contribution < -0.4 is 4.74 Å². The molecule has 0 amide bonds. The van der Waals surface area contributed by atoms with Gasteiger partial charge in [-0.2, -0.15) is 0 Å². The van der Waals surface area contributed by atoms with Crippen molar-refractivity contribution in [2.45, 2.75) is 20.8 Å². The quantitative estimate of drug-likeness (QED) is 0.382. The van der Waals surface area contributed by atoms with Gasteiger partial charge in [-0.25, -0.2) is 0 Å². The molecule has 0 saturated carbocycles. The third-order valence-electron chi connectivity index (χ3n) is 4.10. The summed E-state index contributed by atoms with van der Waals surface area (Å²) >= 11 is 0. The van der Waals surface area contributed by atoms with Gasteiger partial charge in [0, 0.05) is 11.1 Å². The van der Waals surface area contributed by atoms with Crippen LogP contribution in [0.2, 0.25) is 0 Å². The van der Waals surface area contributed by atoms with Gasteiger partial charge in [0.15, 0.2) is 0 Å². The molecule has 3 heteroatoms. The maximum atomic E-state index is 9.39. The highest BCUT2D eigenvalue weighted by atomic mass is 16.5. The Bertz CT molecular complexity index is 874. The van der Waals surface area contributed by atoms with Crippen molar-refractivity contribution in [1.29, 1.82) is 0 Å². The Morgan fingerprint density at radius 1 is 0.800 bits per heavy atom. The van der Waals surface area contributed by atoms with Crippen molar-refractivity contribution >= 4 is 5.71 Å². The lowest BCUT2D eigenvalue weighted by atomic mass is 10.0. The molecular weight excluding hydrogens is 310 g/mol. The summed E-state index contributed by atoms with van der Waals surface area (Å²) < 4.78 is 6.07. The predicted molar refractivity (Wildman–Crippen MR) is 101 cm³/mol. The van der Waals surface area contributed by atoms with Crippen LogP contribution in [0.5, 0.6) is 11.5 Å². The molecule has 0 bridgehead atoms. The first-order valence-corrected chi connectivity index (χ1v) is 8.22. The maximum absolute atomic E-state index is 9.39. The second-order valence-corrected chi connectivity index (χ2v) is 6.17. The fourth-order valence-electron chi connectivity index (χ4n) is 3.00. The number of hydrogen-bond donors (Lipinski definition) is 1. The molecule has 0 aliphatic carbocycles. The lowest BCUT2D eigenvalue weighted by Crippen LogP contribution is -2.03. The van der Waals surface area contributed by atoms with Crippen molar-refractivity contribution in [2.75, 3.05) is 0 Å². The molecule has 0 aliphatic heterocycles. The van der Waals surface area contributed by atoms with Crippen LogP contribution in [0, 0.1) is 20.8 Å². The lowest BCUT2D eigenvalue weighted by Gasteiger charge is -2.13. The molecule has 126 valence electrons. The van der Waals surface area contributed by atoms with Gasteiger partial charge < -0.3 is 9.94 Å². The summed E-state index contributed by atoms with van der Waals surface area (Å²) in [5.41, 5.74) is 5.69. The van der Waals surface area contributed by atoms with Crippen LogP contribution in [0.1, 0.15) is 27.8 Å². The van der Waals surface area contributed by atoms with E-state index in [0.717, 1.165) is 33.8 Å². The average Bonchev–Trinajstić information content (AvgIpc) is 2.61. The highest BCUT2D eigenvalue weighted by Gasteiger charge is 2.09. The SMILES string of the molecule is Cc1cc(C)c(Oc2ccc(C(=NO)c3ccccc3)cc2)c(C)c1. The smallest absolute Gasteiger partial charge is 0.133 e. The highest BCUT2D eigenvalue weighted by molar-refractivity contribution is 6.12. The van der Waals surface area contributed by atoms with E-state index >= 15 is 0 Å². The highest BCUT2D eigenvalue weighted by Crippen LogP contribution is 2.30. The van der Waals surface area contributed by atoms with Crippen LogP contribution in [0.4, 0.5) is 0 Å². The third-order valence-corrected chi connectivity index (χ3v) is 4.10.